The summed E-state index contributed by atoms with van der Waals surface area (Å²) < 4.78 is 0.860. The zero-order valence-corrected chi connectivity index (χ0v) is 12.1. The highest BCUT2D eigenvalue weighted by Crippen LogP contribution is 2.23. The van der Waals surface area contributed by atoms with Gasteiger partial charge < -0.3 is 5.11 Å². The van der Waals surface area contributed by atoms with Gasteiger partial charge in [0.25, 0.3) is 0 Å². The van der Waals surface area contributed by atoms with Crippen molar-refractivity contribution in [1.29, 1.82) is 0 Å². The fourth-order valence-electron chi connectivity index (χ4n) is 2.04. The Morgan fingerprint density at radius 2 is 2.16 bits per heavy atom. The Kier molecular flexibility index (Phi) is 4.32. The van der Waals surface area contributed by atoms with Gasteiger partial charge in [-0.05, 0) is 46.5 Å². The minimum Gasteiger partial charge on any atom is -0.481 e. The lowest BCUT2D eigenvalue weighted by atomic mass is 9.92. The Morgan fingerprint density at radius 1 is 1.37 bits per heavy atom. The molecule has 1 atom stereocenters. The normalized spacial score (nSPS) is 12.1. The number of hydrogen-bond donors (Lipinski definition) is 1. The molecule has 19 heavy (non-hydrogen) atoms. The van der Waals surface area contributed by atoms with Gasteiger partial charge >= 0.3 is 5.97 Å². The fraction of sp³-hybridized carbons (Fsp3) is 0.200. The molecular formula is C15H14BrNO2. The standard InChI is InChI=1S/C15H14BrNO2/c1-10-3-2-4-12(5-10)14(15(18)19)7-11-6-13(16)9-17-8-11/h2-6,8-9,14H,7H2,1H3,(H,18,19). The predicted molar refractivity (Wildman–Crippen MR) is 77.2 cm³/mol. The number of aryl methyl sites for hydroxylation is 1. The average molecular weight is 320 g/mol. The molecule has 2 rings (SSSR count). The Labute approximate surface area is 120 Å². The lowest BCUT2D eigenvalue weighted by Crippen LogP contribution is -2.14. The molecule has 0 fully saturated rings. The maximum atomic E-state index is 11.5. The van der Waals surface area contributed by atoms with Gasteiger partial charge in [0.2, 0.25) is 0 Å². The first-order valence-corrected chi connectivity index (χ1v) is 6.74. The minimum absolute atomic E-state index is 0.436. The van der Waals surface area contributed by atoms with Crippen LogP contribution >= 0.6 is 15.9 Å². The van der Waals surface area contributed by atoms with E-state index in [1.54, 1.807) is 12.4 Å². The van der Waals surface area contributed by atoms with E-state index in [9.17, 15) is 9.90 Å². The number of halogens is 1. The van der Waals surface area contributed by atoms with Gasteiger partial charge in [-0.3, -0.25) is 9.78 Å². The van der Waals surface area contributed by atoms with E-state index < -0.39 is 11.9 Å². The number of pyridine rings is 1. The van der Waals surface area contributed by atoms with Crippen molar-refractivity contribution in [2.24, 2.45) is 0 Å². The summed E-state index contributed by atoms with van der Waals surface area (Å²) in [5.41, 5.74) is 2.80. The van der Waals surface area contributed by atoms with Crippen molar-refractivity contribution >= 4 is 21.9 Å². The maximum absolute atomic E-state index is 11.5. The number of rotatable bonds is 4. The van der Waals surface area contributed by atoms with E-state index in [4.69, 9.17) is 0 Å². The third-order valence-corrected chi connectivity index (χ3v) is 3.38. The molecule has 1 heterocycles. The van der Waals surface area contributed by atoms with Crippen LogP contribution in [0.2, 0.25) is 0 Å². The highest BCUT2D eigenvalue weighted by atomic mass is 79.9. The van der Waals surface area contributed by atoms with E-state index in [0.717, 1.165) is 21.2 Å². The van der Waals surface area contributed by atoms with Crippen LogP contribution in [-0.2, 0) is 11.2 Å². The van der Waals surface area contributed by atoms with Gasteiger partial charge in [-0.2, -0.15) is 0 Å². The van der Waals surface area contributed by atoms with Crippen molar-refractivity contribution in [3.8, 4) is 0 Å². The molecule has 98 valence electrons. The summed E-state index contributed by atoms with van der Waals surface area (Å²) in [5, 5.41) is 9.42. The second-order valence-corrected chi connectivity index (χ2v) is 5.44. The quantitative estimate of drug-likeness (QED) is 0.937. The minimum atomic E-state index is -0.814. The van der Waals surface area contributed by atoms with Crippen molar-refractivity contribution < 1.29 is 9.90 Å². The molecule has 1 unspecified atom stereocenters. The number of aliphatic carboxylic acids is 1. The maximum Gasteiger partial charge on any atom is 0.311 e. The molecule has 0 saturated carbocycles. The van der Waals surface area contributed by atoms with E-state index in [1.165, 1.54) is 0 Å². The van der Waals surface area contributed by atoms with Crippen molar-refractivity contribution in [1.82, 2.24) is 4.98 Å². The molecule has 0 bridgehead atoms. The third-order valence-electron chi connectivity index (χ3n) is 2.94. The second kappa shape index (κ2) is 5.97. The molecule has 4 heteroatoms. The molecule has 1 aromatic carbocycles. The molecule has 0 aliphatic heterocycles. The number of carboxylic acid groups (broad SMARTS) is 1. The highest BCUT2D eigenvalue weighted by molar-refractivity contribution is 9.10. The van der Waals surface area contributed by atoms with Crippen LogP contribution in [0.3, 0.4) is 0 Å². The lowest BCUT2D eigenvalue weighted by molar-refractivity contribution is -0.138. The van der Waals surface area contributed by atoms with Crippen molar-refractivity contribution in [3.05, 3.63) is 63.9 Å². The van der Waals surface area contributed by atoms with Crippen LogP contribution in [0.5, 0.6) is 0 Å². The van der Waals surface area contributed by atoms with Crippen LogP contribution < -0.4 is 0 Å². The van der Waals surface area contributed by atoms with Gasteiger partial charge in [-0.1, -0.05) is 29.8 Å². The largest absolute Gasteiger partial charge is 0.481 e. The first-order chi connectivity index (χ1) is 9.06. The van der Waals surface area contributed by atoms with Gasteiger partial charge in [0.1, 0.15) is 0 Å². The monoisotopic (exact) mass is 319 g/mol. The van der Waals surface area contributed by atoms with Crippen molar-refractivity contribution in [2.75, 3.05) is 0 Å². The Hall–Kier alpha value is -1.68. The molecule has 2 aromatic rings. The first-order valence-electron chi connectivity index (χ1n) is 5.95. The molecule has 0 aliphatic rings. The van der Waals surface area contributed by atoms with Crippen LogP contribution in [0.15, 0.2) is 47.2 Å². The summed E-state index contributed by atoms with van der Waals surface area (Å²) in [6.07, 6.45) is 3.83. The molecular weight excluding hydrogens is 306 g/mol. The molecule has 0 radical (unpaired) electrons. The van der Waals surface area contributed by atoms with Gasteiger partial charge in [0.05, 0.1) is 5.92 Å². The SMILES string of the molecule is Cc1cccc(C(Cc2cncc(Br)c2)C(=O)O)c1. The Balaban J connectivity index is 2.29. The van der Waals surface area contributed by atoms with Gasteiger partial charge in [-0.15, -0.1) is 0 Å². The first kappa shape index (κ1) is 13.7. The zero-order valence-electron chi connectivity index (χ0n) is 10.5. The van der Waals surface area contributed by atoms with Crippen LogP contribution in [0.25, 0.3) is 0 Å². The number of hydrogen-bond acceptors (Lipinski definition) is 2. The number of benzene rings is 1. The molecule has 1 aromatic heterocycles. The van der Waals surface area contributed by atoms with Crippen LogP contribution in [-0.4, -0.2) is 16.1 Å². The summed E-state index contributed by atoms with van der Waals surface area (Å²) in [6.45, 7) is 1.96. The Bertz CT molecular complexity index is 598. The summed E-state index contributed by atoms with van der Waals surface area (Å²) in [6, 6.07) is 9.53. The van der Waals surface area contributed by atoms with Crippen molar-refractivity contribution in [2.45, 2.75) is 19.3 Å². The Morgan fingerprint density at radius 3 is 2.79 bits per heavy atom. The van der Waals surface area contributed by atoms with Gasteiger partial charge in [0, 0.05) is 16.9 Å². The average Bonchev–Trinajstić information content (AvgIpc) is 2.35. The number of nitrogens with zero attached hydrogens (tertiary/aromatic N) is 1. The fourth-order valence-corrected chi connectivity index (χ4v) is 2.45. The topological polar surface area (TPSA) is 50.2 Å². The molecule has 0 amide bonds. The van der Waals surface area contributed by atoms with Gasteiger partial charge in [-0.25, -0.2) is 0 Å². The number of carbonyl (C=O) groups is 1. The van der Waals surface area contributed by atoms with E-state index in [1.807, 2.05) is 37.3 Å². The van der Waals surface area contributed by atoms with E-state index in [2.05, 4.69) is 20.9 Å². The van der Waals surface area contributed by atoms with Gasteiger partial charge in [0.15, 0.2) is 0 Å². The molecule has 0 aliphatic carbocycles. The summed E-state index contributed by atoms with van der Waals surface area (Å²) in [4.78, 5) is 15.5. The summed E-state index contributed by atoms with van der Waals surface area (Å²) >= 11 is 3.35. The van der Waals surface area contributed by atoms with E-state index >= 15 is 0 Å². The van der Waals surface area contributed by atoms with Crippen LogP contribution in [0.4, 0.5) is 0 Å². The zero-order chi connectivity index (χ0) is 13.8. The molecule has 1 N–H and O–H groups in total. The number of aromatic nitrogens is 1. The van der Waals surface area contributed by atoms with E-state index in [0.29, 0.717) is 6.42 Å². The lowest BCUT2D eigenvalue weighted by Gasteiger charge is -2.13. The molecule has 0 saturated heterocycles. The highest BCUT2D eigenvalue weighted by Gasteiger charge is 2.20. The predicted octanol–water partition coefficient (Wildman–Crippen LogP) is 3.56. The third kappa shape index (κ3) is 3.64. The summed E-state index contributed by atoms with van der Waals surface area (Å²) in [7, 11) is 0. The second-order valence-electron chi connectivity index (χ2n) is 4.52. The molecule has 3 nitrogen and oxygen atoms in total. The molecule has 0 spiro atoms. The number of carboxylic acids is 1. The van der Waals surface area contributed by atoms with Crippen LogP contribution in [0.1, 0.15) is 22.6 Å². The smallest absolute Gasteiger partial charge is 0.311 e. The summed E-state index contributed by atoms with van der Waals surface area (Å²) in [5.74, 6) is -1.36. The van der Waals surface area contributed by atoms with Crippen LogP contribution in [0, 0.1) is 6.92 Å². The van der Waals surface area contributed by atoms with Crippen molar-refractivity contribution in [3.63, 3.8) is 0 Å². The van der Waals surface area contributed by atoms with E-state index in [-0.39, 0.29) is 0 Å².